The summed E-state index contributed by atoms with van der Waals surface area (Å²) in [5.74, 6) is -0.854. The molecule has 0 aliphatic carbocycles. The number of nitrogens with one attached hydrogen (secondary N) is 1. The standard InChI is InChI=1S/C19H22F2N4O3/c1-11-22-19(28-24-11)13-5-7-25(8-6-13)18(27)10-17(23-12(2)26)15-4-3-14(20)9-16(15)21/h3-4,9,13,17H,5-8,10H2,1-2H3,(H,23,26). The first-order valence-corrected chi connectivity index (χ1v) is 9.13. The highest BCUT2D eigenvalue weighted by Crippen LogP contribution is 2.28. The maximum atomic E-state index is 14.1. The number of carbonyl (C=O) groups excluding carboxylic acids is 2. The number of benzene rings is 1. The van der Waals surface area contributed by atoms with Crippen LogP contribution >= 0.6 is 0 Å². The van der Waals surface area contributed by atoms with E-state index in [0.29, 0.717) is 37.6 Å². The third-order valence-corrected chi connectivity index (χ3v) is 4.83. The Morgan fingerprint density at radius 3 is 2.61 bits per heavy atom. The average molecular weight is 392 g/mol. The molecule has 1 fully saturated rings. The molecular formula is C19H22F2N4O3. The van der Waals surface area contributed by atoms with E-state index >= 15 is 0 Å². The summed E-state index contributed by atoms with van der Waals surface area (Å²) in [6, 6.07) is 2.24. The highest BCUT2D eigenvalue weighted by Gasteiger charge is 2.29. The van der Waals surface area contributed by atoms with Crippen LogP contribution in [0.3, 0.4) is 0 Å². The number of halogens is 2. The van der Waals surface area contributed by atoms with Crippen molar-refractivity contribution in [2.75, 3.05) is 13.1 Å². The lowest BCUT2D eigenvalue weighted by atomic mass is 9.95. The first kappa shape index (κ1) is 19.9. The fraction of sp³-hybridized carbons (Fsp3) is 0.474. The molecule has 9 heteroatoms. The Labute approximate surface area is 161 Å². The minimum Gasteiger partial charge on any atom is -0.349 e. The Morgan fingerprint density at radius 1 is 1.32 bits per heavy atom. The van der Waals surface area contributed by atoms with Gasteiger partial charge in [0.15, 0.2) is 5.82 Å². The van der Waals surface area contributed by atoms with Gasteiger partial charge in [0.2, 0.25) is 17.7 Å². The topological polar surface area (TPSA) is 88.3 Å². The second kappa shape index (κ2) is 8.45. The number of nitrogens with zero attached hydrogens (tertiary/aromatic N) is 3. The van der Waals surface area contributed by atoms with Gasteiger partial charge in [0, 0.05) is 37.6 Å². The van der Waals surface area contributed by atoms with Gasteiger partial charge in [-0.2, -0.15) is 4.98 Å². The Kier molecular flexibility index (Phi) is 6.01. The van der Waals surface area contributed by atoms with Crippen LogP contribution in [-0.2, 0) is 9.59 Å². The van der Waals surface area contributed by atoms with E-state index in [4.69, 9.17) is 4.52 Å². The molecule has 2 aromatic rings. The molecule has 1 aromatic carbocycles. The zero-order valence-electron chi connectivity index (χ0n) is 15.7. The van der Waals surface area contributed by atoms with E-state index in [9.17, 15) is 18.4 Å². The fourth-order valence-electron chi connectivity index (χ4n) is 3.43. The molecule has 0 radical (unpaired) electrons. The molecule has 1 unspecified atom stereocenters. The monoisotopic (exact) mass is 392 g/mol. The largest absolute Gasteiger partial charge is 0.349 e. The van der Waals surface area contributed by atoms with Crippen molar-refractivity contribution in [3.05, 3.63) is 47.1 Å². The first-order chi connectivity index (χ1) is 13.3. The van der Waals surface area contributed by atoms with Gasteiger partial charge in [0.25, 0.3) is 0 Å². The van der Waals surface area contributed by atoms with Gasteiger partial charge in [-0.3, -0.25) is 9.59 Å². The summed E-state index contributed by atoms with van der Waals surface area (Å²) in [4.78, 5) is 30.1. The first-order valence-electron chi connectivity index (χ1n) is 9.13. The number of aromatic nitrogens is 2. The average Bonchev–Trinajstić information content (AvgIpc) is 3.07. The normalized spacial score (nSPS) is 16.1. The van der Waals surface area contributed by atoms with Crippen LogP contribution < -0.4 is 5.32 Å². The number of piperidine rings is 1. The highest BCUT2D eigenvalue weighted by atomic mass is 19.1. The lowest BCUT2D eigenvalue weighted by Crippen LogP contribution is -2.40. The fourth-order valence-corrected chi connectivity index (χ4v) is 3.43. The molecule has 1 N–H and O–H groups in total. The molecule has 1 atom stereocenters. The van der Waals surface area contributed by atoms with Gasteiger partial charge in [0.05, 0.1) is 12.5 Å². The molecule has 0 saturated carbocycles. The van der Waals surface area contributed by atoms with Crippen molar-refractivity contribution >= 4 is 11.8 Å². The predicted octanol–water partition coefficient (Wildman–Crippen LogP) is 2.63. The molecule has 7 nitrogen and oxygen atoms in total. The van der Waals surface area contributed by atoms with Crippen LogP contribution in [0.25, 0.3) is 0 Å². The van der Waals surface area contributed by atoms with Crippen molar-refractivity contribution in [3.8, 4) is 0 Å². The van der Waals surface area contributed by atoms with E-state index in [0.717, 1.165) is 12.1 Å². The lowest BCUT2D eigenvalue weighted by Gasteiger charge is -2.31. The number of likely N-dealkylation sites (tertiary alicyclic amines) is 1. The van der Waals surface area contributed by atoms with E-state index in [1.165, 1.54) is 13.0 Å². The number of rotatable bonds is 5. The van der Waals surface area contributed by atoms with Crippen molar-refractivity contribution in [2.45, 2.75) is 45.1 Å². The Morgan fingerprint density at radius 2 is 2.04 bits per heavy atom. The molecule has 1 aromatic heterocycles. The number of amides is 2. The second-order valence-electron chi connectivity index (χ2n) is 6.96. The molecule has 1 saturated heterocycles. The van der Waals surface area contributed by atoms with Gasteiger partial charge >= 0.3 is 0 Å². The van der Waals surface area contributed by atoms with Crippen LogP contribution in [-0.4, -0.2) is 39.9 Å². The van der Waals surface area contributed by atoms with E-state index in [1.807, 2.05) is 0 Å². The summed E-state index contributed by atoms with van der Waals surface area (Å²) in [6.45, 7) is 4.05. The molecule has 3 rings (SSSR count). The van der Waals surface area contributed by atoms with Crippen molar-refractivity contribution in [1.29, 1.82) is 0 Å². The quantitative estimate of drug-likeness (QED) is 0.845. The molecule has 1 aliphatic heterocycles. The zero-order chi connectivity index (χ0) is 20.3. The molecule has 1 aliphatic rings. The highest BCUT2D eigenvalue weighted by molar-refractivity contribution is 5.79. The Balaban J connectivity index is 1.64. The summed E-state index contributed by atoms with van der Waals surface area (Å²) in [6.07, 6.45) is 1.26. The Bertz CT molecular complexity index is 863. The molecule has 2 amide bonds. The lowest BCUT2D eigenvalue weighted by molar-refractivity contribution is -0.133. The maximum absolute atomic E-state index is 14.1. The van der Waals surface area contributed by atoms with Crippen molar-refractivity contribution in [1.82, 2.24) is 20.4 Å². The number of hydrogen-bond acceptors (Lipinski definition) is 5. The van der Waals surface area contributed by atoms with E-state index in [1.54, 1.807) is 11.8 Å². The summed E-state index contributed by atoms with van der Waals surface area (Å²) in [7, 11) is 0. The minimum absolute atomic E-state index is 0.0844. The van der Waals surface area contributed by atoms with Crippen LogP contribution in [0.4, 0.5) is 8.78 Å². The van der Waals surface area contributed by atoms with E-state index in [2.05, 4.69) is 15.5 Å². The number of carbonyl (C=O) groups is 2. The summed E-state index contributed by atoms with van der Waals surface area (Å²) < 4.78 is 32.5. The number of hydrogen-bond donors (Lipinski definition) is 1. The summed E-state index contributed by atoms with van der Waals surface area (Å²) >= 11 is 0. The van der Waals surface area contributed by atoms with Gasteiger partial charge in [-0.25, -0.2) is 8.78 Å². The molecule has 28 heavy (non-hydrogen) atoms. The smallest absolute Gasteiger partial charge is 0.229 e. The molecular weight excluding hydrogens is 370 g/mol. The van der Waals surface area contributed by atoms with Crippen LogP contribution in [0.1, 0.15) is 55.4 Å². The summed E-state index contributed by atoms with van der Waals surface area (Å²) in [5.41, 5.74) is 0.0844. The SMILES string of the molecule is CC(=O)NC(CC(=O)N1CCC(c2nc(C)no2)CC1)c1ccc(F)cc1F. The van der Waals surface area contributed by atoms with E-state index < -0.39 is 23.6 Å². The molecule has 150 valence electrons. The maximum Gasteiger partial charge on any atom is 0.229 e. The van der Waals surface area contributed by atoms with Crippen LogP contribution in [0.5, 0.6) is 0 Å². The van der Waals surface area contributed by atoms with Crippen molar-refractivity contribution in [3.63, 3.8) is 0 Å². The van der Waals surface area contributed by atoms with Gasteiger partial charge in [-0.15, -0.1) is 0 Å². The van der Waals surface area contributed by atoms with Crippen molar-refractivity contribution in [2.24, 2.45) is 0 Å². The van der Waals surface area contributed by atoms with Gasteiger partial charge < -0.3 is 14.7 Å². The minimum atomic E-state index is -0.859. The third-order valence-electron chi connectivity index (χ3n) is 4.83. The van der Waals surface area contributed by atoms with Crippen molar-refractivity contribution < 1.29 is 22.9 Å². The molecule has 2 heterocycles. The second-order valence-corrected chi connectivity index (χ2v) is 6.96. The third kappa shape index (κ3) is 4.71. The van der Waals surface area contributed by atoms with Gasteiger partial charge in [0.1, 0.15) is 11.6 Å². The number of aryl methyl sites for hydroxylation is 1. The molecule has 0 bridgehead atoms. The van der Waals surface area contributed by atoms with Crippen LogP contribution in [0.2, 0.25) is 0 Å². The van der Waals surface area contributed by atoms with Gasteiger partial charge in [-0.05, 0) is 25.8 Å². The Hall–Kier alpha value is -2.84. The van der Waals surface area contributed by atoms with Crippen LogP contribution in [0.15, 0.2) is 22.7 Å². The van der Waals surface area contributed by atoms with Gasteiger partial charge in [-0.1, -0.05) is 11.2 Å². The van der Waals surface area contributed by atoms with E-state index in [-0.39, 0.29) is 23.8 Å². The summed E-state index contributed by atoms with van der Waals surface area (Å²) in [5, 5.41) is 6.37. The predicted molar refractivity (Wildman–Crippen MR) is 95.1 cm³/mol. The zero-order valence-corrected chi connectivity index (χ0v) is 15.7. The van der Waals surface area contributed by atoms with Crippen LogP contribution in [0, 0.1) is 18.6 Å². The molecule has 0 spiro atoms.